The van der Waals surface area contributed by atoms with Crippen molar-refractivity contribution in [3.63, 3.8) is 0 Å². The van der Waals surface area contributed by atoms with Crippen molar-refractivity contribution in [3.8, 4) is 11.1 Å². The van der Waals surface area contributed by atoms with E-state index in [1.165, 1.54) is 0 Å². The summed E-state index contributed by atoms with van der Waals surface area (Å²) >= 11 is 0. The second kappa shape index (κ2) is 4.61. The minimum atomic E-state index is 0.527. The quantitative estimate of drug-likeness (QED) is 0.821. The van der Waals surface area contributed by atoms with Crippen LogP contribution in [-0.4, -0.2) is 16.5 Å². The van der Waals surface area contributed by atoms with Crippen LogP contribution in [0.4, 0.5) is 11.5 Å². The number of hydrogen-bond donors (Lipinski definition) is 2. The zero-order valence-electron chi connectivity index (χ0n) is 9.14. The van der Waals surface area contributed by atoms with Crippen LogP contribution in [0.3, 0.4) is 0 Å². The van der Waals surface area contributed by atoms with E-state index in [4.69, 9.17) is 5.73 Å². The van der Waals surface area contributed by atoms with Crippen LogP contribution in [0.5, 0.6) is 0 Å². The van der Waals surface area contributed by atoms with Gasteiger partial charge in [-0.3, -0.25) is 4.98 Å². The van der Waals surface area contributed by atoms with E-state index < -0.39 is 0 Å². The van der Waals surface area contributed by atoms with Gasteiger partial charge in [-0.2, -0.15) is 0 Å². The van der Waals surface area contributed by atoms with Crippen molar-refractivity contribution in [2.75, 3.05) is 17.6 Å². The molecule has 0 fully saturated rings. The average molecular weight is 214 g/mol. The molecule has 0 saturated heterocycles. The van der Waals surface area contributed by atoms with Crippen LogP contribution >= 0.6 is 0 Å². The molecule has 0 amide bonds. The van der Waals surface area contributed by atoms with Crippen molar-refractivity contribution in [3.05, 3.63) is 36.8 Å². The highest BCUT2D eigenvalue weighted by Crippen LogP contribution is 2.24. The molecule has 0 spiro atoms. The molecule has 0 saturated carbocycles. The molecule has 4 heteroatoms. The van der Waals surface area contributed by atoms with E-state index in [9.17, 15) is 0 Å². The van der Waals surface area contributed by atoms with Gasteiger partial charge < -0.3 is 11.1 Å². The van der Waals surface area contributed by atoms with Gasteiger partial charge in [0.05, 0.1) is 5.69 Å². The zero-order chi connectivity index (χ0) is 11.4. The molecule has 0 aliphatic heterocycles. The van der Waals surface area contributed by atoms with Gasteiger partial charge in [-0.05, 0) is 30.7 Å². The van der Waals surface area contributed by atoms with Gasteiger partial charge in [0.25, 0.3) is 0 Å². The predicted molar refractivity (Wildman–Crippen MR) is 66.0 cm³/mol. The van der Waals surface area contributed by atoms with Crippen LogP contribution in [-0.2, 0) is 0 Å². The largest absolute Gasteiger partial charge is 0.382 e. The third-order valence-electron chi connectivity index (χ3n) is 2.30. The Labute approximate surface area is 94.5 Å². The molecule has 2 heterocycles. The Hall–Kier alpha value is -2.10. The standard InChI is InChI=1S/C12H14N4/c1-2-15-11-7-10(8-16-12(11)13)9-3-5-14-6-4-9/h3-8,15H,2H2,1H3,(H2,13,16). The molecular formula is C12H14N4. The van der Waals surface area contributed by atoms with Gasteiger partial charge in [0.15, 0.2) is 0 Å². The first kappa shape index (κ1) is 10.4. The van der Waals surface area contributed by atoms with Crippen molar-refractivity contribution >= 4 is 11.5 Å². The Morgan fingerprint density at radius 2 is 2.00 bits per heavy atom. The molecule has 0 atom stereocenters. The number of hydrogen-bond acceptors (Lipinski definition) is 4. The summed E-state index contributed by atoms with van der Waals surface area (Å²) in [5.74, 6) is 0.527. The summed E-state index contributed by atoms with van der Waals surface area (Å²) in [7, 11) is 0. The Bertz CT molecular complexity index is 468. The first-order valence-corrected chi connectivity index (χ1v) is 5.21. The molecule has 0 bridgehead atoms. The lowest BCUT2D eigenvalue weighted by Crippen LogP contribution is -2.02. The van der Waals surface area contributed by atoms with E-state index >= 15 is 0 Å². The lowest BCUT2D eigenvalue weighted by Gasteiger charge is -2.08. The van der Waals surface area contributed by atoms with Crippen LogP contribution in [0, 0.1) is 0 Å². The van der Waals surface area contributed by atoms with Crippen molar-refractivity contribution in [1.82, 2.24) is 9.97 Å². The van der Waals surface area contributed by atoms with E-state index in [0.717, 1.165) is 23.4 Å². The maximum Gasteiger partial charge on any atom is 0.146 e. The van der Waals surface area contributed by atoms with Gasteiger partial charge in [0.2, 0.25) is 0 Å². The predicted octanol–water partition coefficient (Wildman–Crippen LogP) is 2.16. The second-order valence-electron chi connectivity index (χ2n) is 3.42. The fourth-order valence-corrected chi connectivity index (χ4v) is 1.51. The lowest BCUT2D eigenvalue weighted by molar-refractivity contribution is 1.20. The fraction of sp³-hybridized carbons (Fsp3) is 0.167. The molecule has 3 N–H and O–H groups in total. The third kappa shape index (κ3) is 2.11. The molecule has 16 heavy (non-hydrogen) atoms. The highest BCUT2D eigenvalue weighted by Gasteiger charge is 2.03. The van der Waals surface area contributed by atoms with E-state index in [1.807, 2.05) is 25.1 Å². The van der Waals surface area contributed by atoms with Crippen molar-refractivity contribution in [2.24, 2.45) is 0 Å². The summed E-state index contributed by atoms with van der Waals surface area (Å²) in [5.41, 5.74) is 8.76. The second-order valence-corrected chi connectivity index (χ2v) is 3.42. The molecule has 0 aliphatic carbocycles. The number of anilines is 2. The molecule has 2 aromatic heterocycles. The highest BCUT2D eigenvalue weighted by molar-refractivity contribution is 5.72. The molecule has 0 aliphatic rings. The highest BCUT2D eigenvalue weighted by atomic mass is 14.9. The molecule has 0 aromatic carbocycles. The fourth-order valence-electron chi connectivity index (χ4n) is 1.51. The maximum atomic E-state index is 5.77. The van der Waals surface area contributed by atoms with Crippen LogP contribution < -0.4 is 11.1 Å². The van der Waals surface area contributed by atoms with Gasteiger partial charge in [-0.15, -0.1) is 0 Å². The summed E-state index contributed by atoms with van der Waals surface area (Å²) < 4.78 is 0. The molecule has 0 unspecified atom stereocenters. The molecule has 4 nitrogen and oxygen atoms in total. The number of pyridine rings is 2. The topological polar surface area (TPSA) is 63.8 Å². The van der Waals surface area contributed by atoms with Gasteiger partial charge in [0, 0.05) is 30.7 Å². The van der Waals surface area contributed by atoms with Crippen LogP contribution in [0.25, 0.3) is 11.1 Å². The summed E-state index contributed by atoms with van der Waals surface area (Å²) in [6.07, 6.45) is 5.29. The average Bonchev–Trinajstić information content (AvgIpc) is 2.33. The van der Waals surface area contributed by atoms with Crippen LogP contribution in [0.2, 0.25) is 0 Å². The molecule has 0 radical (unpaired) electrons. The van der Waals surface area contributed by atoms with E-state index in [-0.39, 0.29) is 0 Å². The van der Waals surface area contributed by atoms with E-state index in [0.29, 0.717) is 5.82 Å². The van der Waals surface area contributed by atoms with Crippen molar-refractivity contribution in [1.29, 1.82) is 0 Å². The van der Waals surface area contributed by atoms with Crippen LogP contribution in [0.15, 0.2) is 36.8 Å². The van der Waals surface area contributed by atoms with Gasteiger partial charge in [0.1, 0.15) is 5.82 Å². The Morgan fingerprint density at radius 3 is 2.69 bits per heavy atom. The number of nitrogens with zero attached hydrogens (tertiary/aromatic N) is 2. The first-order chi connectivity index (χ1) is 7.81. The molecule has 82 valence electrons. The molecular weight excluding hydrogens is 200 g/mol. The van der Waals surface area contributed by atoms with Gasteiger partial charge in [-0.1, -0.05) is 0 Å². The zero-order valence-corrected chi connectivity index (χ0v) is 9.14. The summed E-state index contributed by atoms with van der Waals surface area (Å²) in [4.78, 5) is 8.16. The van der Waals surface area contributed by atoms with Crippen molar-refractivity contribution in [2.45, 2.75) is 6.92 Å². The normalized spacial score (nSPS) is 10.1. The number of nitrogens with one attached hydrogen (secondary N) is 1. The summed E-state index contributed by atoms with van der Waals surface area (Å²) in [5, 5.41) is 3.18. The Morgan fingerprint density at radius 1 is 1.25 bits per heavy atom. The number of rotatable bonds is 3. The Kier molecular flexibility index (Phi) is 3.00. The van der Waals surface area contributed by atoms with Gasteiger partial charge >= 0.3 is 0 Å². The number of aromatic nitrogens is 2. The minimum Gasteiger partial charge on any atom is -0.382 e. The van der Waals surface area contributed by atoms with Crippen molar-refractivity contribution < 1.29 is 0 Å². The lowest BCUT2D eigenvalue weighted by atomic mass is 10.1. The minimum absolute atomic E-state index is 0.527. The van der Waals surface area contributed by atoms with E-state index in [2.05, 4.69) is 15.3 Å². The summed E-state index contributed by atoms with van der Waals surface area (Å²) in [6.45, 7) is 2.85. The monoisotopic (exact) mass is 214 g/mol. The molecule has 2 aromatic rings. The molecule has 2 rings (SSSR count). The number of nitrogens with two attached hydrogens (primary N) is 1. The third-order valence-corrected chi connectivity index (χ3v) is 2.30. The first-order valence-electron chi connectivity index (χ1n) is 5.21. The smallest absolute Gasteiger partial charge is 0.146 e. The Balaban J connectivity index is 2.40. The number of nitrogen functional groups attached to an aromatic ring is 1. The SMILES string of the molecule is CCNc1cc(-c2ccncc2)cnc1N. The van der Waals surface area contributed by atoms with Gasteiger partial charge in [-0.25, -0.2) is 4.98 Å². The van der Waals surface area contributed by atoms with Crippen LogP contribution in [0.1, 0.15) is 6.92 Å². The maximum absolute atomic E-state index is 5.77. The summed E-state index contributed by atoms with van der Waals surface area (Å²) in [6, 6.07) is 5.90. The van der Waals surface area contributed by atoms with E-state index in [1.54, 1.807) is 18.6 Å².